The van der Waals surface area contributed by atoms with Gasteiger partial charge in [0.1, 0.15) is 23.0 Å². The van der Waals surface area contributed by atoms with Crippen molar-refractivity contribution in [1.29, 1.82) is 0 Å². The molecule has 0 saturated carbocycles. The van der Waals surface area contributed by atoms with Gasteiger partial charge in [-0.2, -0.15) is 0 Å². The third kappa shape index (κ3) is 5.13. The van der Waals surface area contributed by atoms with Gasteiger partial charge in [0.2, 0.25) is 0 Å². The third-order valence-corrected chi connectivity index (χ3v) is 6.21. The number of para-hydroxylation sites is 1. The molecule has 1 aliphatic heterocycles. The molecule has 7 nitrogen and oxygen atoms in total. The first kappa shape index (κ1) is 24.8. The summed E-state index contributed by atoms with van der Waals surface area (Å²) in [5.74, 6) is 0.147. The highest BCUT2D eigenvalue weighted by Gasteiger charge is 2.46. The Morgan fingerprint density at radius 3 is 2.37 bits per heavy atom. The van der Waals surface area contributed by atoms with Crippen molar-refractivity contribution < 1.29 is 24.2 Å². The maximum atomic E-state index is 13.4. The van der Waals surface area contributed by atoms with Gasteiger partial charge in [-0.3, -0.25) is 14.6 Å². The van der Waals surface area contributed by atoms with Crippen LogP contribution in [0.15, 0.2) is 109 Å². The molecule has 1 amide bonds. The lowest BCUT2D eigenvalue weighted by Crippen LogP contribution is -2.29. The Morgan fingerprint density at radius 2 is 1.66 bits per heavy atom. The molecule has 0 spiro atoms. The number of aliphatic hydroxyl groups is 1. The van der Waals surface area contributed by atoms with Gasteiger partial charge in [0, 0.05) is 24.5 Å². The van der Waals surface area contributed by atoms with Crippen LogP contribution in [0.3, 0.4) is 0 Å². The fraction of sp³-hybridized carbons (Fsp3) is 0.129. The molecular formula is C31H26N2O5. The lowest BCUT2D eigenvalue weighted by Gasteiger charge is -2.25. The summed E-state index contributed by atoms with van der Waals surface area (Å²) in [6.07, 6.45) is 3.29. The largest absolute Gasteiger partial charge is 0.507 e. The van der Waals surface area contributed by atoms with Gasteiger partial charge in [0.15, 0.2) is 0 Å². The van der Waals surface area contributed by atoms with Crippen molar-refractivity contribution in [3.63, 3.8) is 0 Å². The van der Waals surface area contributed by atoms with Crippen LogP contribution in [0, 0.1) is 0 Å². The van der Waals surface area contributed by atoms with Crippen molar-refractivity contribution in [3.05, 3.63) is 126 Å². The number of amides is 1. The number of rotatable bonds is 8. The number of benzene rings is 3. The van der Waals surface area contributed by atoms with Crippen LogP contribution in [-0.2, 0) is 16.1 Å². The number of ketones is 1. The highest BCUT2D eigenvalue weighted by atomic mass is 16.5. The summed E-state index contributed by atoms with van der Waals surface area (Å²) in [5.41, 5.74) is 1.82. The Morgan fingerprint density at radius 1 is 0.895 bits per heavy atom. The van der Waals surface area contributed by atoms with Gasteiger partial charge in [-0.05, 0) is 72.6 Å². The standard InChI is InChI=1S/C31H26N2O5/c1-2-37-24-15-13-22(14-16-24)29(34)27-28(33(31(36)30(27)35)20-21-8-7-17-32-19-21)23-9-6-12-26(18-23)38-25-10-4-3-5-11-25/h3-19,28,34H,2,20H2,1H3/t28-/m0/s1. The summed E-state index contributed by atoms with van der Waals surface area (Å²) in [4.78, 5) is 32.3. The molecule has 0 radical (unpaired) electrons. The predicted octanol–water partition coefficient (Wildman–Crippen LogP) is 5.89. The van der Waals surface area contributed by atoms with Crippen LogP contribution in [0.1, 0.15) is 29.7 Å². The van der Waals surface area contributed by atoms with Gasteiger partial charge >= 0.3 is 0 Å². The highest BCUT2D eigenvalue weighted by molar-refractivity contribution is 6.46. The Hall–Kier alpha value is -4.91. The summed E-state index contributed by atoms with van der Waals surface area (Å²) in [7, 11) is 0. The van der Waals surface area contributed by atoms with Gasteiger partial charge in [-0.15, -0.1) is 0 Å². The first-order valence-corrected chi connectivity index (χ1v) is 12.3. The van der Waals surface area contributed by atoms with E-state index in [-0.39, 0.29) is 17.9 Å². The summed E-state index contributed by atoms with van der Waals surface area (Å²) in [6.45, 7) is 2.53. The Balaban J connectivity index is 1.59. The fourth-order valence-corrected chi connectivity index (χ4v) is 4.48. The van der Waals surface area contributed by atoms with Crippen molar-refractivity contribution in [2.45, 2.75) is 19.5 Å². The molecule has 1 aliphatic rings. The van der Waals surface area contributed by atoms with Crippen LogP contribution in [-0.4, -0.2) is 33.3 Å². The molecule has 0 aliphatic carbocycles. The van der Waals surface area contributed by atoms with E-state index in [0.717, 1.165) is 5.56 Å². The third-order valence-electron chi connectivity index (χ3n) is 6.21. The van der Waals surface area contributed by atoms with E-state index in [1.807, 2.05) is 49.4 Å². The monoisotopic (exact) mass is 506 g/mol. The molecule has 4 aromatic rings. The minimum atomic E-state index is -0.832. The maximum absolute atomic E-state index is 13.4. The molecule has 3 aromatic carbocycles. The van der Waals surface area contributed by atoms with Gasteiger partial charge in [-0.25, -0.2) is 0 Å². The van der Waals surface area contributed by atoms with E-state index in [0.29, 0.717) is 35.0 Å². The molecule has 0 unspecified atom stereocenters. The molecule has 1 aromatic heterocycles. The molecule has 1 saturated heterocycles. The maximum Gasteiger partial charge on any atom is 0.295 e. The molecule has 1 N–H and O–H groups in total. The lowest BCUT2D eigenvalue weighted by molar-refractivity contribution is -0.140. The number of aromatic nitrogens is 1. The van der Waals surface area contributed by atoms with E-state index in [1.54, 1.807) is 60.9 Å². The van der Waals surface area contributed by atoms with Crippen LogP contribution in [0.4, 0.5) is 0 Å². The quantitative estimate of drug-likeness (QED) is 0.182. The average molecular weight is 507 g/mol. The number of likely N-dealkylation sites (tertiary alicyclic amines) is 1. The molecule has 190 valence electrons. The number of carbonyl (C=O) groups is 2. The van der Waals surface area contributed by atoms with Crippen LogP contribution >= 0.6 is 0 Å². The predicted molar refractivity (Wildman–Crippen MR) is 143 cm³/mol. The molecule has 1 fully saturated rings. The number of ether oxygens (including phenoxy) is 2. The molecule has 7 heteroatoms. The SMILES string of the molecule is CCOc1ccc(C(O)=C2C(=O)C(=O)N(Cc3cccnc3)[C@H]2c2cccc(Oc3ccccc3)c2)cc1. The van der Waals surface area contributed by atoms with Crippen LogP contribution in [0.2, 0.25) is 0 Å². The molecule has 38 heavy (non-hydrogen) atoms. The van der Waals surface area contributed by atoms with Crippen molar-refractivity contribution in [2.24, 2.45) is 0 Å². The smallest absolute Gasteiger partial charge is 0.295 e. The first-order valence-electron chi connectivity index (χ1n) is 12.3. The minimum absolute atomic E-state index is 0.0138. The minimum Gasteiger partial charge on any atom is -0.507 e. The zero-order chi connectivity index (χ0) is 26.5. The zero-order valence-corrected chi connectivity index (χ0v) is 20.8. The van der Waals surface area contributed by atoms with E-state index < -0.39 is 17.7 Å². The number of hydrogen-bond donors (Lipinski definition) is 1. The molecule has 0 bridgehead atoms. The van der Waals surface area contributed by atoms with E-state index >= 15 is 0 Å². The van der Waals surface area contributed by atoms with Gasteiger partial charge in [0.25, 0.3) is 11.7 Å². The summed E-state index contributed by atoms with van der Waals surface area (Å²) >= 11 is 0. The van der Waals surface area contributed by atoms with Crippen LogP contribution in [0.5, 0.6) is 17.2 Å². The van der Waals surface area contributed by atoms with Crippen molar-refractivity contribution in [3.8, 4) is 17.2 Å². The summed E-state index contributed by atoms with van der Waals surface area (Å²) in [5, 5.41) is 11.3. The van der Waals surface area contributed by atoms with Crippen LogP contribution < -0.4 is 9.47 Å². The molecule has 2 heterocycles. The average Bonchev–Trinajstić information content (AvgIpc) is 3.19. The molecule has 1 atom stereocenters. The highest BCUT2D eigenvalue weighted by Crippen LogP contribution is 2.41. The first-order chi connectivity index (χ1) is 18.5. The Bertz CT molecular complexity index is 1470. The summed E-state index contributed by atoms with van der Waals surface area (Å²) < 4.78 is 11.5. The number of hydrogen-bond acceptors (Lipinski definition) is 6. The summed E-state index contributed by atoms with van der Waals surface area (Å²) in [6, 6.07) is 26.1. The van der Waals surface area contributed by atoms with Crippen molar-refractivity contribution in [1.82, 2.24) is 9.88 Å². The number of Topliss-reactive ketones (excluding diaryl/α,β-unsaturated/α-hetero) is 1. The van der Waals surface area contributed by atoms with E-state index in [2.05, 4.69) is 4.98 Å². The Kier molecular flexibility index (Phi) is 7.17. The van der Waals surface area contributed by atoms with E-state index in [4.69, 9.17) is 9.47 Å². The number of aliphatic hydroxyl groups excluding tert-OH is 1. The van der Waals surface area contributed by atoms with Crippen molar-refractivity contribution in [2.75, 3.05) is 6.61 Å². The molecule has 5 rings (SSSR count). The second kappa shape index (κ2) is 11.0. The zero-order valence-electron chi connectivity index (χ0n) is 20.8. The van der Waals surface area contributed by atoms with Gasteiger partial charge in [0.05, 0.1) is 18.2 Å². The molecular weight excluding hydrogens is 480 g/mol. The van der Waals surface area contributed by atoms with E-state index in [9.17, 15) is 14.7 Å². The van der Waals surface area contributed by atoms with Gasteiger partial charge < -0.3 is 19.5 Å². The topological polar surface area (TPSA) is 89.0 Å². The second-order valence-corrected chi connectivity index (χ2v) is 8.73. The Labute approximate surface area is 220 Å². The number of carbonyl (C=O) groups excluding carboxylic acids is 2. The normalized spacial score (nSPS) is 16.4. The number of nitrogens with zero attached hydrogens (tertiary/aromatic N) is 2. The lowest BCUT2D eigenvalue weighted by atomic mass is 9.95. The van der Waals surface area contributed by atoms with Crippen LogP contribution in [0.25, 0.3) is 5.76 Å². The van der Waals surface area contributed by atoms with Crippen molar-refractivity contribution >= 4 is 17.4 Å². The van der Waals surface area contributed by atoms with E-state index in [1.165, 1.54) is 4.90 Å². The number of pyridine rings is 1. The second-order valence-electron chi connectivity index (χ2n) is 8.73. The van der Waals surface area contributed by atoms with Gasteiger partial charge in [-0.1, -0.05) is 36.4 Å². The fourth-order valence-electron chi connectivity index (χ4n) is 4.48.